The maximum absolute atomic E-state index is 12.0. The minimum atomic E-state index is -0.295. The topological polar surface area (TPSA) is 85.8 Å². The molecule has 0 heterocycles. The van der Waals surface area contributed by atoms with Crippen LogP contribution in [0.4, 0.5) is 0 Å². The van der Waals surface area contributed by atoms with Crippen LogP contribution in [0.2, 0.25) is 0 Å². The quantitative estimate of drug-likeness (QED) is 0.178. The fourth-order valence-electron chi connectivity index (χ4n) is 2.35. The van der Waals surface area contributed by atoms with Gasteiger partial charge in [0.15, 0.2) is 5.96 Å². The molecular formula is C17H25IN4O2. The van der Waals surface area contributed by atoms with Crippen molar-refractivity contribution in [3.8, 4) is 5.75 Å². The number of hydrogen-bond acceptors (Lipinski definition) is 3. The predicted octanol–water partition coefficient (Wildman–Crippen LogP) is 2.01. The van der Waals surface area contributed by atoms with Crippen LogP contribution in [-0.4, -0.2) is 42.6 Å². The van der Waals surface area contributed by atoms with Crippen molar-refractivity contribution >= 4 is 35.8 Å². The summed E-state index contributed by atoms with van der Waals surface area (Å²) in [6.07, 6.45) is 6.34. The number of nitrogens with zero attached hydrogens (tertiary/aromatic N) is 1. The number of benzene rings is 1. The van der Waals surface area contributed by atoms with Crippen molar-refractivity contribution in [1.29, 1.82) is 0 Å². The van der Waals surface area contributed by atoms with Gasteiger partial charge in [-0.25, -0.2) is 0 Å². The molecule has 1 aliphatic carbocycles. The van der Waals surface area contributed by atoms with Crippen LogP contribution in [0.25, 0.3) is 0 Å². The Morgan fingerprint density at radius 2 is 1.96 bits per heavy atom. The van der Waals surface area contributed by atoms with Gasteiger partial charge >= 0.3 is 0 Å². The summed E-state index contributed by atoms with van der Waals surface area (Å²) in [4.78, 5) is 16.4. The van der Waals surface area contributed by atoms with Crippen molar-refractivity contribution in [3.63, 3.8) is 0 Å². The third-order valence-electron chi connectivity index (χ3n) is 3.51. The molecule has 4 N–H and O–H groups in total. The molecule has 7 heteroatoms. The van der Waals surface area contributed by atoms with Crippen molar-refractivity contribution in [2.24, 2.45) is 4.99 Å². The maximum Gasteiger partial charge on any atom is 0.255 e. The molecule has 0 radical (unpaired) electrons. The summed E-state index contributed by atoms with van der Waals surface area (Å²) < 4.78 is 0. The highest BCUT2D eigenvalue weighted by atomic mass is 127. The molecule has 0 bridgehead atoms. The zero-order chi connectivity index (χ0) is 16.5. The average molecular weight is 444 g/mol. The van der Waals surface area contributed by atoms with E-state index in [-0.39, 0.29) is 41.2 Å². The SMILES string of the molecule is CCNC(=NCCNC(=O)c1ccccc1O)NC1CC=CC1.I. The Balaban J connectivity index is 0.00000288. The first-order chi connectivity index (χ1) is 11.2. The van der Waals surface area contributed by atoms with Crippen LogP contribution < -0.4 is 16.0 Å². The molecule has 132 valence electrons. The van der Waals surface area contributed by atoms with Crippen molar-refractivity contribution in [2.45, 2.75) is 25.8 Å². The van der Waals surface area contributed by atoms with Gasteiger partial charge in [0.2, 0.25) is 0 Å². The molecule has 0 fully saturated rings. The Labute approximate surface area is 159 Å². The number of carbonyl (C=O) groups excluding carboxylic acids is 1. The summed E-state index contributed by atoms with van der Waals surface area (Å²) in [5, 5.41) is 19.0. The molecule has 1 aromatic carbocycles. The van der Waals surface area contributed by atoms with Crippen molar-refractivity contribution in [2.75, 3.05) is 19.6 Å². The van der Waals surface area contributed by atoms with E-state index in [1.807, 2.05) is 6.92 Å². The Hall–Kier alpha value is -1.77. The number of hydrogen-bond donors (Lipinski definition) is 4. The van der Waals surface area contributed by atoms with Gasteiger partial charge in [-0.15, -0.1) is 24.0 Å². The first kappa shape index (κ1) is 20.3. The minimum absolute atomic E-state index is 0. The van der Waals surface area contributed by atoms with Crippen molar-refractivity contribution in [3.05, 3.63) is 42.0 Å². The van der Waals surface area contributed by atoms with Gasteiger partial charge in [0.1, 0.15) is 5.75 Å². The van der Waals surface area contributed by atoms with Gasteiger partial charge in [-0.3, -0.25) is 9.79 Å². The van der Waals surface area contributed by atoms with E-state index < -0.39 is 0 Å². The summed E-state index contributed by atoms with van der Waals surface area (Å²) in [5.74, 6) is 0.450. The molecule has 0 spiro atoms. The molecule has 0 atom stereocenters. The molecule has 0 saturated carbocycles. The van der Waals surface area contributed by atoms with Gasteiger partial charge in [-0.05, 0) is 31.9 Å². The van der Waals surface area contributed by atoms with E-state index in [4.69, 9.17) is 0 Å². The number of amides is 1. The van der Waals surface area contributed by atoms with Gasteiger partial charge in [-0.2, -0.15) is 0 Å². The highest BCUT2D eigenvalue weighted by Crippen LogP contribution is 2.14. The zero-order valence-corrected chi connectivity index (χ0v) is 16.1. The largest absolute Gasteiger partial charge is 0.507 e. The predicted molar refractivity (Wildman–Crippen MR) is 107 cm³/mol. The second-order valence-corrected chi connectivity index (χ2v) is 5.32. The van der Waals surface area contributed by atoms with Crippen molar-refractivity contribution < 1.29 is 9.90 Å². The fraction of sp³-hybridized carbons (Fsp3) is 0.412. The second kappa shape index (κ2) is 10.9. The maximum atomic E-state index is 12.0. The van der Waals surface area contributed by atoms with E-state index in [1.54, 1.807) is 18.2 Å². The lowest BCUT2D eigenvalue weighted by molar-refractivity contribution is 0.0952. The Morgan fingerprint density at radius 3 is 2.62 bits per heavy atom. The number of para-hydroxylation sites is 1. The van der Waals surface area contributed by atoms with Crippen LogP contribution >= 0.6 is 24.0 Å². The number of nitrogens with one attached hydrogen (secondary N) is 3. The number of phenols is 1. The second-order valence-electron chi connectivity index (χ2n) is 5.32. The van der Waals surface area contributed by atoms with Crippen LogP contribution in [0.15, 0.2) is 41.4 Å². The van der Waals surface area contributed by atoms with Gasteiger partial charge in [0.25, 0.3) is 5.91 Å². The van der Waals surface area contributed by atoms with Gasteiger partial charge in [-0.1, -0.05) is 24.3 Å². The summed E-state index contributed by atoms with van der Waals surface area (Å²) in [6, 6.07) is 6.88. The number of aliphatic imine (C=N–C) groups is 1. The third-order valence-corrected chi connectivity index (χ3v) is 3.51. The van der Waals surface area contributed by atoms with Gasteiger partial charge < -0.3 is 21.1 Å². The Morgan fingerprint density at radius 1 is 1.25 bits per heavy atom. The summed E-state index contributed by atoms with van der Waals surface area (Å²) in [7, 11) is 0. The average Bonchev–Trinajstić information content (AvgIpc) is 3.05. The molecule has 1 aromatic rings. The highest BCUT2D eigenvalue weighted by Gasteiger charge is 2.12. The van der Waals surface area contributed by atoms with Crippen LogP contribution in [-0.2, 0) is 0 Å². The highest BCUT2D eigenvalue weighted by molar-refractivity contribution is 14.0. The first-order valence-corrected chi connectivity index (χ1v) is 7.96. The number of halogens is 1. The minimum Gasteiger partial charge on any atom is -0.507 e. The first-order valence-electron chi connectivity index (χ1n) is 7.96. The number of carbonyl (C=O) groups is 1. The summed E-state index contributed by atoms with van der Waals surface area (Å²) in [6.45, 7) is 3.68. The smallest absolute Gasteiger partial charge is 0.255 e. The summed E-state index contributed by atoms with van der Waals surface area (Å²) >= 11 is 0. The lowest BCUT2D eigenvalue weighted by Crippen LogP contribution is -2.43. The summed E-state index contributed by atoms with van der Waals surface area (Å²) in [5.41, 5.74) is 0.276. The van der Waals surface area contributed by atoms with Crippen LogP contribution in [0.5, 0.6) is 5.75 Å². The molecular weight excluding hydrogens is 419 g/mol. The fourth-order valence-corrected chi connectivity index (χ4v) is 2.35. The van der Waals surface area contributed by atoms with Crippen LogP contribution in [0, 0.1) is 0 Å². The molecule has 1 amide bonds. The Bertz CT molecular complexity index is 582. The standard InChI is InChI=1S/C17H24N4O2.HI/c1-2-18-17(21-13-7-3-4-8-13)20-12-11-19-16(23)14-9-5-6-10-15(14)22;/h3-6,9-10,13,22H,2,7-8,11-12H2,1H3,(H,19,23)(H2,18,20,21);1H. The van der Waals surface area contributed by atoms with E-state index in [9.17, 15) is 9.90 Å². The number of guanidine groups is 1. The van der Waals surface area contributed by atoms with Crippen LogP contribution in [0.1, 0.15) is 30.1 Å². The van der Waals surface area contributed by atoms with Crippen molar-refractivity contribution in [1.82, 2.24) is 16.0 Å². The van der Waals surface area contributed by atoms with Gasteiger partial charge in [0.05, 0.1) is 12.1 Å². The molecule has 1 aliphatic rings. The number of phenolic OH excluding ortho intramolecular Hbond substituents is 1. The zero-order valence-electron chi connectivity index (χ0n) is 13.8. The Kier molecular flexibility index (Phi) is 9.21. The monoisotopic (exact) mass is 444 g/mol. The molecule has 24 heavy (non-hydrogen) atoms. The normalized spacial score (nSPS) is 14.1. The third kappa shape index (κ3) is 6.38. The van der Waals surface area contributed by atoms with E-state index in [1.165, 1.54) is 6.07 Å². The molecule has 6 nitrogen and oxygen atoms in total. The molecule has 0 unspecified atom stereocenters. The van der Waals surface area contributed by atoms with E-state index in [2.05, 4.69) is 33.1 Å². The lowest BCUT2D eigenvalue weighted by atomic mass is 10.2. The molecule has 2 rings (SSSR count). The number of rotatable bonds is 6. The van der Waals surface area contributed by atoms with E-state index >= 15 is 0 Å². The number of aromatic hydroxyl groups is 1. The van der Waals surface area contributed by atoms with Gasteiger partial charge in [0, 0.05) is 19.1 Å². The van der Waals surface area contributed by atoms with Crippen LogP contribution in [0.3, 0.4) is 0 Å². The molecule has 0 aromatic heterocycles. The van der Waals surface area contributed by atoms with E-state index in [0.717, 1.165) is 25.3 Å². The lowest BCUT2D eigenvalue weighted by Gasteiger charge is -2.16. The molecule has 0 saturated heterocycles. The molecule has 0 aliphatic heterocycles. The van der Waals surface area contributed by atoms with E-state index in [0.29, 0.717) is 19.1 Å².